The molecule has 2 saturated heterocycles. The first kappa shape index (κ1) is 59.5. The number of hydrogen-bond donors (Lipinski definition) is 4. The van der Waals surface area contributed by atoms with Crippen LogP contribution in [0.25, 0.3) is 0 Å². The minimum atomic E-state index is -1.55. The molecule has 26 heteroatoms. The van der Waals surface area contributed by atoms with E-state index in [1.807, 2.05) is 60.7 Å². The van der Waals surface area contributed by atoms with Crippen LogP contribution in [0.1, 0.15) is 125 Å². The molecule has 4 N–H and O–H groups in total. The van der Waals surface area contributed by atoms with Crippen molar-refractivity contribution < 1.29 is 62.1 Å². The van der Waals surface area contributed by atoms with Gasteiger partial charge in [0.05, 0.1) is 25.3 Å². The number of carbonyl (C=O) groups is 7. The molecule has 0 spiro atoms. The zero-order valence-electron chi connectivity index (χ0n) is 47.0. The summed E-state index contributed by atoms with van der Waals surface area (Å²) in [5, 5.41) is 25.4. The van der Waals surface area contributed by atoms with Gasteiger partial charge in [-0.3, -0.25) is 14.9 Å². The van der Waals surface area contributed by atoms with Crippen LogP contribution >= 0.6 is 11.3 Å². The van der Waals surface area contributed by atoms with Crippen molar-refractivity contribution in [2.75, 3.05) is 25.0 Å². The van der Waals surface area contributed by atoms with Crippen molar-refractivity contribution >= 4 is 70.3 Å². The smallest absolute Gasteiger partial charge is 0.437 e. The van der Waals surface area contributed by atoms with Crippen LogP contribution in [-0.2, 0) is 56.0 Å². The third-order valence-corrected chi connectivity index (χ3v) is 12.3. The standard InChI is InChI=1S/C54H70N12O13S/c1-50(2,3)75-46(70)55-25-32-27-64(28-32)45(61-48(72)77-52(7,8)9)65(49(73)78-53(10,11)12)29-35-26-56-66(62-35)30-36-38(41(67)57-36)59-42(68)39(37-31-80-44(58-37)60-47(71)76-51(4,5)6)63-79-54(23-24-54)43(69)74-40(33-19-15-13-16-20-33)34-21-17-14-18-22-34/h13-22,26,31-32,36,38,40H,23-25,27-30H2,1-12H3,(H,55,70)(H,57,67)(H,59,68)(H,58,60,71)/b61-45-,63-39?/t36-,38+/m1/s1. The molecule has 430 valence electrons. The number of hydrogen-bond acceptors (Lipinski definition) is 18. The minimum Gasteiger partial charge on any atom is -0.450 e. The lowest BCUT2D eigenvalue weighted by Crippen LogP contribution is -2.70. The number of likely N-dealkylation sites (tertiary alicyclic amines) is 1. The van der Waals surface area contributed by atoms with Crippen molar-refractivity contribution in [2.24, 2.45) is 16.1 Å². The van der Waals surface area contributed by atoms with Crippen molar-refractivity contribution in [2.45, 2.75) is 155 Å². The highest BCUT2D eigenvalue weighted by Gasteiger charge is 2.57. The van der Waals surface area contributed by atoms with E-state index in [0.29, 0.717) is 0 Å². The first-order valence-electron chi connectivity index (χ1n) is 26.0. The van der Waals surface area contributed by atoms with Crippen LogP contribution in [0.4, 0.5) is 24.3 Å². The summed E-state index contributed by atoms with van der Waals surface area (Å²) in [6.45, 7) is 20.9. The molecule has 1 saturated carbocycles. The molecule has 3 aliphatic rings. The monoisotopic (exact) mass is 1130 g/mol. The summed E-state index contributed by atoms with van der Waals surface area (Å²) in [5.41, 5.74) is -3.79. The van der Waals surface area contributed by atoms with Gasteiger partial charge in [0.25, 0.3) is 5.91 Å². The Morgan fingerprint density at radius 3 is 1.96 bits per heavy atom. The predicted molar refractivity (Wildman–Crippen MR) is 291 cm³/mol. The van der Waals surface area contributed by atoms with Gasteiger partial charge in [-0.2, -0.15) is 15.0 Å². The van der Waals surface area contributed by atoms with E-state index in [2.05, 4.69) is 46.6 Å². The van der Waals surface area contributed by atoms with E-state index in [0.717, 1.165) is 27.4 Å². The van der Waals surface area contributed by atoms with E-state index in [1.54, 1.807) is 88.0 Å². The zero-order valence-corrected chi connectivity index (χ0v) is 47.8. The minimum absolute atomic E-state index is 0.0545. The Labute approximate surface area is 467 Å². The summed E-state index contributed by atoms with van der Waals surface area (Å²) >= 11 is 0.964. The van der Waals surface area contributed by atoms with Gasteiger partial charge in [-0.1, -0.05) is 65.8 Å². The van der Waals surface area contributed by atoms with Gasteiger partial charge in [0.15, 0.2) is 16.9 Å². The number of esters is 1. The van der Waals surface area contributed by atoms with Crippen LogP contribution in [0.3, 0.4) is 0 Å². The fourth-order valence-corrected chi connectivity index (χ4v) is 8.50. The molecule has 2 atom stereocenters. The molecule has 3 fully saturated rings. The van der Waals surface area contributed by atoms with Crippen molar-refractivity contribution in [1.82, 2.24) is 45.7 Å². The fourth-order valence-electron chi connectivity index (χ4n) is 7.82. The Morgan fingerprint density at radius 1 is 0.812 bits per heavy atom. The number of nitrogens with one attached hydrogen (secondary N) is 4. The van der Waals surface area contributed by atoms with Crippen LogP contribution in [0.5, 0.6) is 0 Å². The lowest BCUT2D eigenvalue weighted by atomic mass is 9.98. The number of anilines is 1. The normalized spacial score (nSPS) is 17.4. The van der Waals surface area contributed by atoms with Gasteiger partial charge in [0.2, 0.25) is 17.5 Å². The largest absolute Gasteiger partial charge is 0.450 e. The van der Waals surface area contributed by atoms with Gasteiger partial charge in [-0.15, -0.1) is 16.3 Å². The summed E-state index contributed by atoms with van der Waals surface area (Å²) in [6.07, 6.45) is -2.17. The first-order valence-corrected chi connectivity index (χ1v) is 26.9. The highest BCUT2D eigenvalue weighted by atomic mass is 32.1. The van der Waals surface area contributed by atoms with Crippen LogP contribution in [0.15, 0.2) is 82.4 Å². The van der Waals surface area contributed by atoms with Gasteiger partial charge in [-0.05, 0) is 94.2 Å². The second-order valence-electron chi connectivity index (χ2n) is 23.4. The number of carbonyl (C=O) groups excluding carboxylic acids is 7. The number of β-lactam (4-membered cyclic amide) rings is 1. The number of rotatable bonds is 16. The van der Waals surface area contributed by atoms with E-state index < -0.39 is 94.1 Å². The molecular formula is C54H70N12O13S. The number of thiazole rings is 1. The lowest BCUT2D eigenvalue weighted by Gasteiger charge is -2.43. The Bertz CT molecular complexity index is 2920. The number of aliphatic imine (C=N–C) groups is 1. The highest BCUT2D eigenvalue weighted by molar-refractivity contribution is 7.14. The maximum absolute atomic E-state index is 14.4. The van der Waals surface area contributed by atoms with Crippen molar-refractivity contribution in [3.63, 3.8) is 0 Å². The number of nitrogens with zero attached hydrogens (tertiary/aromatic N) is 8. The van der Waals surface area contributed by atoms with Gasteiger partial charge in [-0.25, -0.2) is 33.9 Å². The maximum Gasteiger partial charge on any atom is 0.437 e. The van der Waals surface area contributed by atoms with Crippen LogP contribution in [0, 0.1) is 5.92 Å². The molecule has 0 radical (unpaired) electrons. The number of alkyl carbamates (subject to hydrolysis) is 1. The molecule has 2 aromatic carbocycles. The van der Waals surface area contributed by atoms with Gasteiger partial charge in [0.1, 0.15) is 39.8 Å². The van der Waals surface area contributed by atoms with Crippen LogP contribution < -0.4 is 21.3 Å². The third kappa shape index (κ3) is 16.9. The van der Waals surface area contributed by atoms with E-state index in [9.17, 15) is 33.6 Å². The topological polar surface area (TPSA) is 298 Å². The van der Waals surface area contributed by atoms with Gasteiger partial charge >= 0.3 is 30.3 Å². The fraction of sp³-hybridized carbons (Fsp3) is 0.519. The molecular weight excluding hydrogens is 1060 g/mol. The maximum atomic E-state index is 14.4. The molecule has 0 bridgehead atoms. The second-order valence-corrected chi connectivity index (χ2v) is 24.2. The van der Waals surface area contributed by atoms with Gasteiger partial charge < -0.3 is 49.4 Å². The Kier molecular flexibility index (Phi) is 17.9. The Balaban J connectivity index is 1.09. The third-order valence-electron chi connectivity index (χ3n) is 11.6. The molecule has 1 aliphatic carbocycles. The Morgan fingerprint density at radius 2 is 1.40 bits per heavy atom. The SMILES string of the molecule is CC(C)(C)OC(=O)/N=C(/N1CC(CNC(=O)OC(C)(C)C)C1)N(Cc1cnn(C[C@H]2NC(=O)[C@H]2NC(=O)C(=NOC2(C(=O)OC(c3ccccc3)c3ccccc3)CC2)c2csc(NC(=O)OC(C)(C)C)n2)n1)C(=O)OC(C)(C)C. The zero-order chi connectivity index (χ0) is 58.4. The van der Waals surface area contributed by atoms with Crippen molar-refractivity contribution in [3.8, 4) is 0 Å². The number of aromatic nitrogens is 4. The summed E-state index contributed by atoms with van der Waals surface area (Å²) < 4.78 is 28.2. The molecule has 4 aromatic rings. The number of oxime groups is 1. The average molecular weight is 1130 g/mol. The molecule has 0 unspecified atom stereocenters. The summed E-state index contributed by atoms with van der Waals surface area (Å²) in [5.74, 6) is -2.37. The predicted octanol–water partition coefficient (Wildman–Crippen LogP) is 6.84. The van der Waals surface area contributed by atoms with Crippen molar-refractivity contribution in [1.29, 1.82) is 0 Å². The van der Waals surface area contributed by atoms with Crippen LogP contribution in [0.2, 0.25) is 0 Å². The summed E-state index contributed by atoms with van der Waals surface area (Å²) in [6, 6.07) is 16.4. The molecule has 6 amide bonds. The van der Waals surface area contributed by atoms with Gasteiger partial charge in [0, 0.05) is 43.8 Å². The number of amides is 6. The highest BCUT2D eigenvalue weighted by Crippen LogP contribution is 2.43. The Hall–Kier alpha value is -8.16. The van der Waals surface area contributed by atoms with E-state index in [-0.39, 0.29) is 74.0 Å². The molecule has 25 nitrogen and oxygen atoms in total. The van der Waals surface area contributed by atoms with Crippen LogP contribution in [-0.4, -0.2) is 143 Å². The molecule has 7 rings (SSSR count). The number of benzene rings is 2. The lowest BCUT2D eigenvalue weighted by molar-refractivity contribution is -0.164. The molecule has 2 aliphatic heterocycles. The summed E-state index contributed by atoms with van der Waals surface area (Å²) in [4.78, 5) is 113. The van der Waals surface area contributed by atoms with E-state index in [1.165, 1.54) is 16.4 Å². The number of ether oxygens (including phenoxy) is 5. The molecule has 4 heterocycles. The average Bonchev–Trinajstić information content (AvgIpc) is 3.95. The molecule has 2 aromatic heterocycles. The molecule has 80 heavy (non-hydrogen) atoms. The number of guanidine groups is 1. The first-order chi connectivity index (χ1) is 37.4. The van der Waals surface area contributed by atoms with E-state index >= 15 is 0 Å². The van der Waals surface area contributed by atoms with Crippen molar-refractivity contribution in [3.05, 3.63) is 94.8 Å². The quantitative estimate of drug-likeness (QED) is 0.0223. The second kappa shape index (κ2) is 24.1. The van der Waals surface area contributed by atoms with E-state index in [4.69, 9.17) is 28.5 Å². The summed E-state index contributed by atoms with van der Waals surface area (Å²) in [7, 11) is 0.